The second-order valence-corrected chi connectivity index (χ2v) is 5.46. The number of benzene rings is 1. The van der Waals surface area contributed by atoms with Crippen molar-refractivity contribution in [3.05, 3.63) is 40.8 Å². The monoisotopic (exact) mass is 353 g/mol. The molecule has 0 aliphatic carbocycles. The molecule has 1 heterocycles. The molecule has 0 aromatic heterocycles. The van der Waals surface area contributed by atoms with Crippen LogP contribution in [0.15, 0.2) is 35.8 Å². The fourth-order valence-corrected chi connectivity index (χ4v) is 2.31. The van der Waals surface area contributed by atoms with Crippen molar-refractivity contribution in [2.24, 2.45) is 0 Å². The zero-order valence-electron chi connectivity index (χ0n) is 13.3. The van der Waals surface area contributed by atoms with E-state index in [-0.39, 0.29) is 18.0 Å². The van der Waals surface area contributed by atoms with Gasteiger partial charge in [-0.1, -0.05) is 11.6 Å². The molecule has 24 heavy (non-hydrogen) atoms. The van der Waals surface area contributed by atoms with Crippen molar-refractivity contribution in [2.45, 2.75) is 6.92 Å². The molecule has 1 saturated heterocycles. The summed E-state index contributed by atoms with van der Waals surface area (Å²) in [7, 11) is 0. The lowest BCUT2D eigenvalue weighted by Crippen LogP contribution is -2.43. The Hall–Kier alpha value is -2.25. The van der Waals surface area contributed by atoms with E-state index in [9.17, 15) is 9.90 Å². The fourth-order valence-electron chi connectivity index (χ4n) is 2.19. The summed E-state index contributed by atoms with van der Waals surface area (Å²) < 4.78 is 10.3. The van der Waals surface area contributed by atoms with Crippen molar-refractivity contribution < 1.29 is 19.4 Å². The van der Waals surface area contributed by atoms with E-state index in [1.165, 1.54) is 0 Å². The number of amidine groups is 1. The van der Waals surface area contributed by atoms with Crippen molar-refractivity contribution in [1.29, 1.82) is 5.41 Å². The van der Waals surface area contributed by atoms with Crippen LogP contribution in [-0.4, -0.2) is 54.7 Å². The Morgan fingerprint density at radius 2 is 2.00 bits per heavy atom. The van der Waals surface area contributed by atoms with Crippen LogP contribution >= 0.6 is 11.6 Å². The number of amides is 1. The van der Waals surface area contributed by atoms with Crippen LogP contribution in [0.2, 0.25) is 5.02 Å². The van der Waals surface area contributed by atoms with Gasteiger partial charge in [0.25, 0.3) is 11.9 Å². The molecular formula is C16H20ClN3O4. The number of aliphatic hydroxyl groups is 1. The number of nitrogens with zero attached hydrogens (tertiary/aromatic N) is 1. The average Bonchev–Trinajstić information content (AvgIpc) is 2.58. The highest BCUT2D eigenvalue weighted by Crippen LogP contribution is 2.17. The first kappa shape index (κ1) is 18.1. The van der Waals surface area contributed by atoms with Gasteiger partial charge in [-0.05, 0) is 31.2 Å². The molecule has 1 aliphatic rings. The Kier molecular flexibility index (Phi) is 6.45. The van der Waals surface area contributed by atoms with Gasteiger partial charge in [0.1, 0.15) is 5.84 Å². The summed E-state index contributed by atoms with van der Waals surface area (Å²) in [5, 5.41) is 21.5. The predicted molar refractivity (Wildman–Crippen MR) is 91.5 cm³/mol. The Labute approximate surface area is 145 Å². The van der Waals surface area contributed by atoms with E-state index >= 15 is 0 Å². The van der Waals surface area contributed by atoms with E-state index in [4.69, 9.17) is 26.5 Å². The number of carbonyl (C=O) groups excluding carboxylic acids is 1. The lowest BCUT2D eigenvalue weighted by atomic mass is 10.2. The molecule has 3 N–H and O–H groups in total. The van der Waals surface area contributed by atoms with Crippen LogP contribution in [0.25, 0.3) is 0 Å². The number of aliphatic hydroxyl groups excluding tert-OH is 1. The third kappa shape index (κ3) is 4.62. The quantitative estimate of drug-likeness (QED) is 0.327. The van der Waals surface area contributed by atoms with E-state index in [1.54, 1.807) is 36.1 Å². The number of ether oxygens (including phenoxy) is 2. The molecule has 0 bridgehead atoms. The molecule has 1 aromatic rings. The minimum Gasteiger partial charge on any atom is -0.480 e. The summed E-state index contributed by atoms with van der Waals surface area (Å²) in [6.07, 6.45) is 0. The topological polar surface area (TPSA) is 94.9 Å². The predicted octanol–water partition coefficient (Wildman–Crippen LogP) is 2.39. The molecule has 0 atom stereocenters. The number of morpholine rings is 1. The smallest absolute Gasteiger partial charge is 0.293 e. The SMILES string of the molecule is CCO/C(O)=C(/C(=N)N1CCOCC1)C(=O)Nc1ccc(Cl)cc1. The van der Waals surface area contributed by atoms with Gasteiger partial charge in [-0.3, -0.25) is 10.2 Å². The molecule has 130 valence electrons. The van der Waals surface area contributed by atoms with Gasteiger partial charge in [0.05, 0.1) is 19.8 Å². The minimum atomic E-state index is -0.625. The Morgan fingerprint density at radius 3 is 2.58 bits per heavy atom. The van der Waals surface area contributed by atoms with E-state index in [1.807, 2.05) is 0 Å². The van der Waals surface area contributed by atoms with E-state index < -0.39 is 11.9 Å². The van der Waals surface area contributed by atoms with Crippen molar-refractivity contribution >= 4 is 29.0 Å². The van der Waals surface area contributed by atoms with Crippen LogP contribution in [0.3, 0.4) is 0 Å². The van der Waals surface area contributed by atoms with Crippen LogP contribution in [0, 0.1) is 5.41 Å². The highest BCUT2D eigenvalue weighted by molar-refractivity contribution is 6.30. The summed E-state index contributed by atoms with van der Waals surface area (Å²) in [6.45, 7) is 3.73. The zero-order chi connectivity index (χ0) is 17.5. The van der Waals surface area contributed by atoms with Crippen molar-refractivity contribution in [1.82, 2.24) is 4.90 Å². The van der Waals surface area contributed by atoms with Crippen LogP contribution < -0.4 is 5.32 Å². The van der Waals surface area contributed by atoms with Gasteiger partial charge in [-0.25, -0.2) is 0 Å². The van der Waals surface area contributed by atoms with E-state index in [0.717, 1.165) is 0 Å². The van der Waals surface area contributed by atoms with E-state index in [2.05, 4.69) is 5.32 Å². The number of anilines is 1. The lowest BCUT2D eigenvalue weighted by Gasteiger charge is -2.29. The van der Waals surface area contributed by atoms with Gasteiger partial charge in [0, 0.05) is 23.8 Å². The maximum absolute atomic E-state index is 12.6. The second-order valence-electron chi connectivity index (χ2n) is 5.02. The molecule has 0 radical (unpaired) electrons. The van der Waals surface area contributed by atoms with Crippen LogP contribution in [-0.2, 0) is 14.3 Å². The first-order chi connectivity index (χ1) is 11.5. The fraction of sp³-hybridized carbons (Fsp3) is 0.375. The average molecular weight is 354 g/mol. The maximum Gasteiger partial charge on any atom is 0.293 e. The van der Waals surface area contributed by atoms with Crippen molar-refractivity contribution in [3.8, 4) is 0 Å². The van der Waals surface area contributed by atoms with Gasteiger partial charge >= 0.3 is 0 Å². The number of hydrogen-bond donors (Lipinski definition) is 3. The maximum atomic E-state index is 12.6. The lowest BCUT2D eigenvalue weighted by molar-refractivity contribution is -0.113. The van der Waals surface area contributed by atoms with Crippen LogP contribution in [0.4, 0.5) is 5.69 Å². The van der Waals surface area contributed by atoms with E-state index in [0.29, 0.717) is 37.0 Å². The molecule has 2 rings (SSSR count). The Morgan fingerprint density at radius 1 is 1.38 bits per heavy atom. The second kappa shape index (κ2) is 8.56. The molecule has 0 spiro atoms. The third-order valence-electron chi connectivity index (χ3n) is 3.39. The molecule has 1 aliphatic heterocycles. The Bertz CT molecular complexity index is 625. The van der Waals surface area contributed by atoms with Crippen LogP contribution in [0.1, 0.15) is 6.92 Å². The zero-order valence-corrected chi connectivity index (χ0v) is 14.1. The highest BCUT2D eigenvalue weighted by Gasteiger charge is 2.27. The van der Waals surface area contributed by atoms with Gasteiger partial charge in [0.2, 0.25) is 0 Å². The molecule has 1 amide bonds. The summed E-state index contributed by atoms with van der Waals surface area (Å²) in [6, 6.07) is 6.54. The van der Waals surface area contributed by atoms with Crippen molar-refractivity contribution in [3.63, 3.8) is 0 Å². The third-order valence-corrected chi connectivity index (χ3v) is 3.64. The standard InChI is InChI=1S/C16H20ClN3O4/c1-2-24-16(22)13(14(18)20-7-9-23-10-8-20)15(21)19-12-5-3-11(17)4-6-12/h3-6,18,22H,2,7-10H2,1H3,(H,19,21)/b16-13-,18-14?. The molecule has 0 unspecified atom stereocenters. The van der Waals surface area contributed by atoms with Gasteiger partial charge in [-0.2, -0.15) is 0 Å². The van der Waals surface area contributed by atoms with Crippen molar-refractivity contribution in [2.75, 3.05) is 38.2 Å². The number of carbonyl (C=O) groups is 1. The summed E-state index contributed by atoms with van der Waals surface area (Å²) in [5.74, 6) is -1.30. The normalized spacial score (nSPS) is 15.5. The first-order valence-corrected chi connectivity index (χ1v) is 7.95. The van der Waals surface area contributed by atoms with Gasteiger partial charge in [0.15, 0.2) is 5.57 Å². The van der Waals surface area contributed by atoms with Gasteiger partial charge in [-0.15, -0.1) is 0 Å². The number of nitrogens with one attached hydrogen (secondary N) is 2. The first-order valence-electron chi connectivity index (χ1n) is 7.57. The molecule has 8 heteroatoms. The number of rotatable bonds is 5. The molecular weight excluding hydrogens is 334 g/mol. The number of halogens is 1. The summed E-state index contributed by atoms with van der Waals surface area (Å²) >= 11 is 5.82. The summed E-state index contributed by atoms with van der Waals surface area (Å²) in [4.78, 5) is 14.2. The molecule has 1 aromatic carbocycles. The molecule has 1 fully saturated rings. The molecule has 7 nitrogen and oxygen atoms in total. The largest absolute Gasteiger partial charge is 0.480 e. The van der Waals surface area contributed by atoms with Gasteiger partial charge < -0.3 is 24.8 Å². The summed E-state index contributed by atoms with van der Waals surface area (Å²) in [5.41, 5.74) is 0.287. The van der Waals surface area contributed by atoms with Crippen LogP contribution in [0.5, 0.6) is 0 Å². The highest BCUT2D eigenvalue weighted by atomic mass is 35.5. The molecule has 0 saturated carbocycles. The Balaban J connectivity index is 2.21. The minimum absolute atomic E-state index is 0.101. The number of hydrogen-bond acceptors (Lipinski definition) is 5.